The van der Waals surface area contributed by atoms with Gasteiger partial charge in [0.25, 0.3) is 0 Å². The third kappa shape index (κ3) is 2.20. The number of nitrogens with one attached hydrogen (secondary N) is 2. The van der Waals surface area contributed by atoms with Gasteiger partial charge in [0.1, 0.15) is 0 Å². The van der Waals surface area contributed by atoms with Crippen LogP contribution in [0.5, 0.6) is 0 Å². The highest BCUT2D eigenvalue weighted by Crippen LogP contribution is 2.38. The van der Waals surface area contributed by atoms with E-state index < -0.39 is 0 Å². The van der Waals surface area contributed by atoms with Crippen molar-refractivity contribution in [2.24, 2.45) is 0 Å². The number of anilines is 1. The Kier molecular flexibility index (Phi) is 3.45. The minimum Gasteiger partial charge on any atom is -0.462 e. The van der Waals surface area contributed by atoms with Crippen LogP contribution < -0.4 is 5.32 Å². The number of aromatic nitrogens is 1. The number of carbonyl (C=O) groups excluding carboxylic acids is 1. The van der Waals surface area contributed by atoms with E-state index in [9.17, 15) is 4.79 Å². The molecule has 1 aliphatic heterocycles. The zero-order valence-electron chi connectivity index (χ0n) is 12.6. The number of aromatic amines is 1. The SMILES string of the molecule is CCOC(=O)c1c(C)[nH]c(C2CNc3ccccc32)c1C. The number of H-pyrrole nitrogens is 1. The Balaban J connectivity index is 2.02. The average molecular weight is 284 g/mol. The predicted octanol–water partition coefficient (Wildman–Crippen LogP) is 3.37. The molecule has 3 rings (SSSR count). The van der Waals surface area contributed by atoms with Gasteiger partial charge in [-0.25, -0.2) is 4.79 Å². The number of ether oxygens (including phenoxy) is 1. The lowest BCUT2D eigenvalue weighted by atomic mass is 9.94. The van der Waals surface area contributed by atoms with Gasteiger partial charge >= 0.3 is 5.97 Å². The molecule has 0 fully saturated rings. The second-order valence-electron chi connectivity index (χ2n) is 5.40. The van der Waals surface area contributed by atoms with Crippen molar-refractivity contribution in [3.05, 3.63) is 52.3 Å². The third-order valence-electron chi connectivity index (χ3n) is 4.14. The summed E-state index contributed by atoms with van der Waals surface area (Å²) in [7, 11) is 0. The van der Waals surface area contributed by atoms with E-state index in [1.165, 1.54) is 11.3 Å². The second kappa shape index (κ2) is 5.28. The lowest BCUT2D eigenvalue weighted by Crippen LogP contribution is -2.08. The Bertz CT molecular complexity index is 688. The Morgan fingerprint density at radius 1 is 1.33 bits per heavy atom. The largest absolute Gasteiger partial charge is 0.462 e. The molecule has 1 unspecified atom stereocenters. The van der Waals surface area contributed by atoms with Crippen LogP contribution in [0, 0.1) is 13.8 Å². The van der Waals surface area contributed by atoms with Crippen molar-refractivity contribution in [1.82, 2.24) is 4.98 Å². The zero-order valence-corrected chi connectivity index (χ0v) is 12.6. The summed E-state index contributed by atoms with van der Waals surface area (Å²) < 4.78 is 5.16. The minimum atomic E-state index is -0.241. The molecule has 110 valence electrons. The molecule has 1 atom stereocenters. The van der Waals surface area contributed by atoms with E-state index in [4.69, 9.17) is 4.74 Å². The lowest BCUT2D eigenvalue weighted by Gasteiger charge is -2.10. The quantitative estimate of drug-likeness (QED) is 0.850. The lowest BCUT2D eigenvalue weighted by molar-refractivity contribution is 0.0525. The van der Waals surface area contributed by atoms with Crippen LogP contribution in [-0.2, 0) is 4.74 Å². The van der Waals surface area contributed by atoms with Gasteiger partial charge in [-0.15, -0.1) is 0 Å². The number of para-hydroxylation sites is 1. The number of rotatable bonds is 3. The second-order valence-corrected chi connectivity index (χ2v) is 5.40. The van der Waals surface area contributed by atoms with Crippen LogP contribution in [0.3, 0.4) is 0 Å². The summed E-state index contributed by atoms with van der Waals surface area (Å²) >= 11 is 0. The van der Waals surface area contributed by atoms with Gasteiger partial charge in [-0.1, -0.05) is 18.2 Å². The Morgan fingerprint density at radius 3 is 2.86 bits per heavy atom. The molecular weight excluding hydrogens is 264 g/mol. The molecule has 0 spiro atoms. The Hall–Kier alpha value is -2.23. The van der Waals surface area contributed by atoms with Crippen LogP contribution in [0.15, 0.2) is 24.3 Å². The Morgan fingerprint density at radius 2 is 2.10 bits per heavy atom. The number of esters is 1. The van der Waals surface area contributed by atoms with Gasteiger partial charge in [0.2, 0.25) is 0 Å². The fraction of sp³-hybridized carbons (Fsp3) is 0.353. The standard InChI is InChI=1S/C17H20N2O2/c1-4-21-17(20)15-10(2)16(19-11(15)3)13-9-18-14-8-6-5-7-12(13)14/h5-8,13,18-19H,4,9H2,1-3H3. The summed E-state index contributed by atoms with van der Waals surface area (Å²) in [5.74, 6) is 0.0114. The molecule has 21 heavy (non-hydrogen) atoms. The van der Waals surface area contributed by atoms with Crippen LogP contribution in [0.25, 0.3) is 0 Å². The van der Waals surface area contributed by atoms with Gasteiger partial charge in [0.15, 0.2) is 0 Å². The molecule has 2 N–H and O–H groups in total. The maximum absolute atomic E-state index is 12.1. The van der Waals surface area contributed by atoms with Crippen molar-refractivity contribution in [3.8, 4) is 0 Å². The van der Waals surface area contributed by atoms with Crippen molar-refractivity contribution in [2.45, 2.75) is 26.7 Å². The summed E-state index contributed by atoms with van der Waals surface area (Å²) in [4.78, 5) is 15.5. The van der Waals surface area contributed by atoms with E-state index in [0.29, 0.717) is 12.2 Å². The minimum absolute atomic E-state index is 0.241. The van der Waals surface area contributed by atoms with Crippen molar-refractivity contribution in [2.75, 3.05) is 18.5 Å². The fourth-order valence-electron chi connectivity index (χ4n) is 3.17. The third-order valence-corrected chi connectivity index (χ3v) is 4.14. The molecule has 2 aromatic rings. The van der Waals surface area contributed by atoms with Gasteiger partial charge in [0.05, 0.1) is 12.2 Å². The number of hydrogen-bond acceptors (Lipinski definition) is 3. The molecule has 1 aromatic carbocycles. The number of hydrogen-bond donors (Lipinski definition) is 2. The maximum atomic E-state index is 12.1. The van der Waals surface area contributed by atoms with E-state index in [1.54, 1.807) is 0 Å². The van der Waals surface area contributed by atoms with Crippen molar-refractivity contribution >= 4 is 11.7 Å². The van der Waals surface area contributed by atoms with Crippen LogP contribution in [0.4, 0.5) is 5.69 Å². The summed E-state index contributed by atoms with van der Waals surface area (Å²) in [5.41, 5.74) is 6.10. The molecule has 4 nitrogen and oxygen atoms in total. The highest BCUT2D eigenvalue weighted by atomic mass is 16.5. The average Bonchev–Trinajstić information content (AvgIpc) is 3.00. The van der Waals surface area contributed by atoms with Crippen LogP contribution in [0.2, 0.25) is 0 Å². The molecule has 0 aliphatic carbocycles. The number of benzene rings is 1. The predicted molar refractivity (Wildman–Crippen MR) is 83.0 cm³/mol. The van der Waals surface area contributed by atoms with Gasteiger partial charge in [-0.05, 0) is 38.0 Å². The number of carbonyl (C=O) groups is 1. The molecule has 0 saturated heterocycles. The first-order chi connectivity index (χ1) is 10.1. The first kappa shape index (κ1) is 13.7. The Labute approximate surface area is 124 Å². The molecule has 4 heteroatoms. The molecule has 0 amide bonds. The molecule has 0 saturated carbocycles. The van der Waals surface area contributed by atoms with Crippen molar-refractivity contribution < 1.29 is 9.53 Å². The highest BCUT2D eigenvalue weighted by Gasteiger charge is 2.29. The van der Waals surface area contributed by atoms with Crippen LogP contribution >= 0.6 is 0 Å². The van der Waals surface area contributed by atoms with E-state index >= 15 is 0 Å². The first-order valence-electron chi connectivity index (χ1n) is 7.32. The summed E-state index contributed by atoms with van der Waals surface area (Å²) in [5, 5.41) is 3.42. The number of aryl methyl sites for hydroxylation is 1. The van der Waals surface area contributed by atoms with E-state index in [1.807, 2.05) is 26.8 Å². The smallest absolute Gasteiger partial charge is 0.340 e. The highest BCUT2D eigenvalue weighted by molar-refractivity contribution is 5.93. The summed E-state index contributed by atoms with van der Waals surface area (Å²) in [6.45, 7) is 6.99. The monoisotopic (exact) mass is 284 g/mol. The normalized spacial score (nSPS) is 16.4. The van der Waals surface area contributed by atoms with Gasteiger partial charge in [0, 0.05) is 29.5 Å². The topological polar surface area (TPSA) is 54.1 Å². The van der Waals surface area contributed by atoms with E-state index in [0.717, 1.165) is 23.5 Å². The van der Waals surface area contributed by atoms with Gasteiger partial charge < -0.3 is 15.0 Å². The molecule has 1 aliphatic rings. The molecule has 1 aromatic heterocycles. The summed E-state index contributed by atoms with van der Waals surface area (Å²) in [6, 6.07) is 8.31. The van der Waals surface area contributed by atoms with E-state index in [-0.39, 0.29) is 11.9 Å². The van der Waals surface area contributed by atoms with Gasteiger partial charge in [-0.3, -0.25) is 0 Å². The fourth-order valence-corrected chi connectivity index (χ4v) is 3.17. The molecular formula is C17H20N2O2. The van der Waals surface area contributed by atoms with Gasteiger partial charge in [-0.2, -0.15) is 0 Å². The molecule has 2 heterocycles. The molecule has 0 bridgehead atoms. The molecule has 0 radical (unpaired) electrons. The van der Waals surface area contributed by atoms with Crippen molar-refractivity contribution in [1.29, 1.82) is 0 Å². The number of fused-ring (bicyclic) bond motifs is 1. The van der Waals surface area contributed by atoms with Crippen LogP contribution in [-0.4, -0.2) is 24.1 Å². The van der Waals surface area contributed by atoms with E-state index in [2.05, 4.69) is 28.5 Å². The first-order valence-corrected chi connectivity index (χ1v) is 7.32. The maximum Gasteiger partial charge on any atom is 0.340 e. The summed E-state index contributed by atoms with van der Waals surface area (Å²) in [6.07, 6.45) is 0. The van der Waals surface area contributed by atoms with Crippen LogP contribution in [0.1, 0.15) is 45.7 Å². The van der Waals surface area contributed by atoms with Crippen molar-refractivity contribution in [3.63, 3.8) is 0 Å². The zero-order chi connectivity index (χ0) is 15.0.